The van der Waals surface area contributed by atoms with E-state index < -0.39 is 28.6 Å². The Morgan fingerprint density at radius 1 is 1.26 bits per heavy atom. The zero-order valence-corrected chi connectivity index (χ0v) is 11.6. The maximum absolute atomic E-state index is 12.1. The number of carboxylic acids is 1. The van der Waals surface area contributed by atoms with E-state index in [0.717, 1.165) is 11.1 Å². The molecule has 0 saturated carbocycles. The van der Waals surface area contributed by atoms with E-state index in [0.29, 0.717) is 0 Å². The summed E-state index contributed by atoms with van der Waals surface area (Å²) in [4.78, 5) is 10.9. The van der Waals surface area contributed by atoms with Crippen molar-refractivity contribution in [1.82, 2.24) is 4.72 Å². The molecule has 7 heteroatoms. The molecule has 1 aromatic rings. The zero-order valence-electron chi connectivity index (χ0n) is 10.8. The van der Waals surface area contributed by atoms with Crippen LogP contribution < -0.4 is 4.72 Å². The van der Waals surface area contributed by atoms with Crippen LogP contribution in [0, 0.1) is 13.8 Å². The molecule has 0 aromatic heterocycles. The van der Waals surface area contributed by atoms with Gasteiger partial charge in [0.2, 0.25) is 10.0 Å². The average molecular weight is 287 g/mol. The fourth-order valence-corrected chi connectivity index (χ4v) is 3.12. The van der Waals surface area contributed by atoms with Gasteiger partial charge in [-0.05, 0) is 43.5 Å². The summed E-state index contributed by atoms with van der Waals surface area (Å²) in [5.41, 5.74) is 1.55. The second-order valence-electron chi connectivity index (χ2n) is 4.35. The number of hydrogen-bond donors (Lipinski definition) is 3. The van der Waals surface area contributed by atoms with Gasteiger partial charge in [0.05, 0.1) is 4.90 Å². The van der Waals surface area contributed by atoms with E-state index in [9.17, 15) is 13.2 Å². The fraction of sp³-hybridized carbons (Fsp3) is 0.417. The van der Waals surface area contributed by atoms with Crippen molar-refractivity contribution in [3.05, 3.63) is 29.3 Å². The van der Waals surface area contributed by atoms with E-state index >= 15 is 0 Å². The van der Waals surface area contributed by atoms with Gasteiger partial charge in [0.25, 0.3) is 0 Å². The first kappa shape index (κ1) is 15.6. The smallest absolute Gasteiger partial charge is 0.321 e. The minimum atomic E-state index is -3.91. The van der Waals surface area contributed by atoms with Crippen LogP contribution in [0.25, 0.3) is 0 Å². The van der Waals surface area contributed by atoms with E-state index in [-0.39, 0.29) is 11.3 Å². The highest BCUT2D eigenvalue weighted by atomic mass is 32.2. The molecule has 1 aromatic carbocycles. The summed E-state index contributed by atoms with van der Waals surface area (Å²) in [6.07, 6.45) is -0.181. The van der Waals surface area contributed by atoms with Crippen LogP contribution in [0.2, 0.25) is 0 Å². The number of rotatable bonds is 6. The number of hydrogen-bond acceptors (Lipinski definition) is 4. The van der Waals surface area contributed by atoms with Gasteiger partial charge in [-0.15, -0.1) is 0 Å². The lowest BCUT2D eigenvalue weighted by Gasteiger charge is -2.14. The molecule has 0 amide bonds. The molecule has 6 nitrogen and oxygen atoms in total. The number of sulfonamides is 1. The highest BCUT2D eigenvalue weighted by molar-refractivity contribution is 7.89. The molecule has 0 saturated heterocycles. The minimum absolute atomic E-state index is 0.0224. The molecular formula is C12H17NO5S. The van der Waals surface area contributed by atoms with Crippen LogP contribution in [0.15, 0.2) is 23.1 Å². The maximum atomic E-state index is 12.1. The van der Waals surface area contributed by atoms with Crippen LogP contribution in [0.3, 0.4) is 0 Å². The van der Waals surface area contributed by atoms with Crippen molar-refractivity contribution >= 4 is 16.0 Å². The Balaban J connectivity index is 3.06. The van der Waals surface area contributed by atoms with Crippen LogP contribution in [-0.2, 0) is 14.8 Å². The second-order valence-corrected chi connectivity index (χ2v) is 6.06. The van der Waals surface area contributed by atoms with E-state index in [2.05, 4.69) is 4.72 Å². The molecule has 0 unspecified atom stereocenters. The van der Waals surface area contributed by atoms with Crippen molar-refractivity contribution in [1.29, 1.82) is 0 Å². The first-order valence-corrected chi connectivity index (χ1v) is 7.19. The summed E-state index contributed by atoms with van der Waals surface area (Å²) >= 11 is 0. The lowest BCUT2D eigenvalue weighted by atomic mass is 10.2. The monoisotopic (exact) mass is 287 g/mol. The largest absolute Gasteiger partial charge is 0.480 e. The first-order chi connectivity index (χ1) is 8.76. The molecule has 0 aliphatic heterocycles. The van der Waals surface area contributed by atoms with Gasteiger partial charge in [-0.25, -0.2) is 8.42 Å². The third kappa shape index (κ3) is 4.30. The Morgan fingerprint density at radius 3 is 2.21 bits per heavy atom. The molecule has 0 bridgehead atoms. The molecule has 0 radical (unpaired) electrons. The van der Waals surface area contributed by atoms with Crippen molar-refractivity contribution in [3.8, 4) is 0 Å². The van der Waals surface area contributed by atoms with E-state index in [1.54, 1.807) is 13.8 Å². The SMILES string of the molecule is Cc1cc(C)cc(S(=O)(=O)N[C@H](CCO)C(=O)O)c1. The topological polar surface area (TPSA) is 104 Å². The summed E-state index contributed by atoms with van der Waals surface area (Å²) in [7, 11) is -3.91. The van der Waals surface area contributed by atoms with Gasteiger partial charge in [0.1, 0.15) is 6.04 Å². The van der Waals surface area contributed by atoms with Gasteiger partial charge < -0.3 is 10.2 Å². The van der Waals surface area contributed by atoms with Crippen molar-refractivity contribution < 1.29 is 23.4 Å². The first-order valence-electron chi connectivity index (χ1n) is 5.70. The highest BCUT2D eigenvalue weighted by Crippen LogP contribution is 2.15. The summed E-state index contributed by atoms with van der Waals surface area (Å²) in [6.45, 7) is 3.11. The standard InChI is InChI=1S/C12H17NO5S/c1-8-5-9(2)7-10(6-8)19(17,18)13-11(3-4-14)12(15)16/h5-7,11,13-14H,3-4H2,1-2H3,(H,15,16)/t11-/m1/s1. The number of nitrogens with one attached hydrogen (secondary N) is 1. The molecule has 3 N–H and O–H groups in total. The molecule has 1 rings (SSSR count). The Kier molecular flexibility index (Phi) is 5.04. The third-order valence-electron chi connectivity index (χ3n) is 2.52. The molecule has 0 aliphatic rings. The number of carbonyl (C=O) groups is 1. The minimum Gasteiger partial charge on any atom is -0.480 e. The number of benzene rings is 1. The number of aliphatic hydroxyl groups excluding tert-OH is 1. The Labute approximate surface area is 112 Å². The van der Waals surface area contributed by atoms with E-state index in [1.165, 1.54) is 12.1 Å². The van der Waals surface area contributed by atoms with Gasteiger partial charge >= 0.3 is 5.97 Å². The molecule has 0 heterocycles. The number of carboxylic acid groups (broad SMARTS) is 1. The summed E-state index contributed by atoms with van der Waals surface area (Å²) < 4.78 is 26.2. The van der Waals surface area contributed by atoms with Crippen LogP contribution in [0.1, 0.15) is 17.5 Å². The van der Waals surface area contributed by atoms with E-state index in [4.69, 9.17) is 10.2 Å². The third-order valence-corrected chi connectivity index (χ3v) is 3.97. The Morgan fingerprint density at radius 2 is 1.79 bits per heavy atom. The van der Waals surface area contributed by atoms with E-state index in [1.807, 2.05) is 6.07 Å². The molecule has 0 fully saturated rings. The number of aliphatic hydroxyl groups is 1. The maximum Gasteiger partial charge on any atom is 0.321 e. The molecule has 0 aliphatic carbocycles. The van der Waals surface area contributed by atoms with Gasteiger partial charge in [-0.1, -0.05) is 6.07 Å². The zero-order chi connectivity index (χ0) is 14.6. The molecule has 106 valence electrons. The highest BCUT2D eigenvalue weighted by Gasteiger charge is 2.25. The normalized spacial score (nSPS) is 13.2. The van der Waals surface area contributed by atoms with Crippen LogP contribution >= 0.6 is 0 Å². The van der Waals surface area contributed by atoms with Gasteiger partial charge in [-0.3, -0.25) is 4.79 Å². The predicted octanol–water partition coefficient (Wildman–Crippen LogP) is 0.417. The molecular weight excluding hydrogens is 270 g/mol. The summed E-state index contributed by atoms with van der Waals surface area (Å²) in [5.74, 6) is -1.32. The second kappa shape index (κ2) is 6.14. The van der Waals surface area contributed by atoms with Crippen LogP contribution in [0.5, 0.6) is 0 Å². The Hall–Kier alpha value is -1.44. The Bertz CT molecular complexity index is 547. The molecule has 19 heavy (non-hydrogen) atoms. The van der Waals surface area contributed by atoms with Crippen LogP contribution in [0.4, 0.5) is 0 Å². The average Bonchev–Trinajstić information content (AvgIpc) is 2.26. The van der Waals surface area contributed by atoms with Gasteiger partial charge in [-0.2, -0.15) is 4.72 Å². The van der Waals surface area contributed by atoms with Crippen molar-refractivity contribution in [2.75, 3.05) is 6.61 Å². The quantitative estimate of drug-likeness (QED) is 0.703. The van der Waals surface area contributed by atoms with Gasteiger partial charge in [0, 0.05) is 6.61 Å². The lowest BCUT2D eigenvalue weighted by Crippen LogP contribution is -2.41. The van der Waals surface area contributed by atoms with Crippen molar-refractivity contribution in [2.45, 2.75) is 31.2 Å². The number of aliphatic carboxylic acids is 1. The number of aryl methyl sites for hydroxylation is 2. The summed E-state index contributed by atoms with van der Waals surface area (Å²) in [5, 5.41) is 17.6. The lowest BCUT2D eigenvalue weighted by molar-refractivity contribution is -0.139. The molecule has 1 atom stereocenters. The van der Waals surface area contributed by atoms with Crippen molar-refractivity contribution in [3.63, 3.8) is 0 Å². The molecule has 0 spiro atoms. The van der Waals surface area contributed by atoms with Crippen LogP contribution in [-0.4, -0.2) is 37.2 Å². The van der Waals surface area contributed by atoms with Crippen molar-refractivity contribution in [2.24, 2.45) is 0 Å². The predicted molar refractivity (Wildman–Crippen MR) is 69.4 cm³/mol. The summed E-state index contributed by atoms with van der Waals surface area (Å²) in [6, 6.07) is 3.41. The fourth-order valence-electron chi connectivity index (χ4n) is 1.71. The van der Waals surface area contributed by atoms with Gasteiger partial charge in [0.15, 0.2) is 0 Å².